The lowest BCUT2D eigenvalue weighted by Crippen LogP contribution is -2.65. The van der Waals surface area contributed by atoms with Crippen molar-refractivity contribution in [3.63, 3.8) is 0 Å². The normalized spacial score (nSPS) is 22.0. The molecular formula is C29H33NO7. The molecule has 0 aromatic heterocycles. The van der Waals surface area contributed by atoms with Crippen LogP contribution < -0.4 is 5.32 Å². The van der Waals surface area contributed by atoms with Crippen LogP contribution in [0, 0.1) is 0 Å². The second-order valence-electron chi connectivity index (χ2n) is 8.73. The zero-order valence-corrected chi connectivity index (χ0v) is 21.0. The Hall–Kier alpha value is -3.11. The van der Waals surface area contributed by atoms with E-state index in [0.29, 0.717) is 0 Å². The number of carbonyl (C=O) groups is 1. The van der Waals surface area contributed by atoms with Gasteiger partial charge in [-0.15, -0.1) is 0 Å². The Morgan fingerprint density at radius 3 is 1.68 bits per heavy atom. The molecular weight excluding hydrogens is 474 g/mol. The molecule has 2 N–H and O–H groups in total. The van der Waals surface area contributed by atoms with Crippen molar-refractivity contribution in [1.82, 2.24) is 5.32 Å². The van der Waals surface area contributed by atoms with Gasteiger partial charge in [-0.25, -0.2) is 0 Å². The van der Waals surface area contributed by atoms with E-state index >= 15 is 0 Å². The van der Waals surface area contributed by atoms with Crippen LogP contribution in [-0.4, -0.2) is 69.8 Å². The number of benzene rings is 3. The molecule has 0 bridgehead atoms. The number of methoxy groups -OCH3 is 2. The Morgan fingerprint density at radius 1 is 0.757 bits per heavy atom. The van der Waals surface area contributed by atoms with Gasteiger partial charge >= 0.3 is 0 Å². The molecule has 3 aromatic rings. The molecule has 196 valence electrons. The lowest BCUT2D eigenvalue weighted by molar-refractivity contribution is -0.208. The summed E-state index contributed by atoms with van der Waals surface area (Å²) in [4.78, 5) is 13.0. The monoisotopic (exact) mass is 507 g/mol. The van der Waals surface area contributed by atoms with Crippen LogP contribution in [0.4, 0.5) is 0 Å². The van der Waals surface area contributed by atoms with Gasteiger partial charge in [0, 0.05) is 14.2 Å². The minimum Gasteiger partial charge on any atom is -0.388 e. The number of amides is 1. The quantitative estimate of drug-likeness (QED) is 0.288. The number of hydrogen-bond donors (Lipinski definition) is 2. The fraction of sp³-hybridized carbons (Fsp3) is 0.345. The zero-order valence-electron chi connectivity index (χ0n) is 21.0. The summed E-state index contributed by atoms with van der Waals surface area (Å²) in [6.45, 7) is -0.245. The smallest absolute Gasteiger partial charge is 0.252 e. The molecule has 0 radical (unpaired) electrons. The fourth-order valence-corrected chi connectivity index (χ4v) is 4.68. The minimum atomic E-state index is -1.13. The molecule has 4 atom stereocenters. The van der Waals surface area contributed by atoms with Crippen molar-refractivity contribution in [1.29, 1.82) is 0 Å². The Balaban J connectivity index is 1.69. The molecule has 8 nitrogen and oxygen atoms in total. The summed E-state index contributed by atoms with van der Waals surface area (Å²) in [7, 11) is 2.92. The number of ether oxygens (including phenoxy) is 5. The van der Waals surface area contributed by atoms with Gasteiger partial charge in [0.25, 0.3) is 5.91 Å². The van der Waals surface area contributed by atoms with Gasteiger partial charge < -0.3 is 34.1 Å². The van der Waals surface area contributed by atoms with Gasteiger partial charge in [0.1, 0.15) is 31.4 Å². The average molecular weight is 508 g/mol. The lowest BCUT2D eigenvalue weighted by Gasteiger charge is -2.42. The number of aliphatic hydroxyl groups excluding tert-OH is 1. The van der Waals surface area contributed by atoms with Crippen molar-refractivity contribution in [2.75, 3.05) is 34.4 Å². The average Bonchev–Trinajstić information content (AvgIpc) is 2.95. The summed E-state index contributed by atoms with van der Waals surface area (Å²) in [5, 5.41) is 14.1. The summed E-state index contributed by atoms with van der Waals surface area (Å²) in [6.07, 6.45) is -3.17. The summed E-state index contributed by atoms with van der Waals surface area (Å²) in [5.41, 5.74) is 1.74. The highest BCUT2D eigenvalue weighted by Crippen LogP contribution is 2.40. The third kappa shape index (κ3) is 5.91. The number of aliphatic hydroxyl groups is 1. The van der Waals surface area contributed by atoms with Gasteiger partial charge in [-0.1, -0.05) is 91.0 Å². The van der Waals surface area contributed by atoms with Crippen molar-refractivity contribution in [2.24, 2.45) is 0 Å². The molecule has 1 heterocycles. The van der Waals surface area contributed by atoms with E-state index in [1.807, 2.05) is 91.0 Å². The van der Waals surface area contributed by atoms with Crippen molar-refractivity contribution in [3.8, 4) is 0 Å². The molecule has 8 heteroatoms. The molecule has 0 saturated carbocycles. The number of carbonyl (C=O) groups excluding carboxylic acids is 1. The number of rotatable bonds is 12. The lowest BCUT2D eigenvalue weighted by atomic mass is 9.80. The highest BCUT2D eigenvalue weighted by Gasteiger charge is 2.47. The van der Waals surface area contributed by atoms with Crippen LogP contribution in [0.15, 0.2) is 91.0 Å². The van der Waals surface area contributed by atoms with E-state index in [4.69, 9.17) is 23.7 Å². The second kappa shape index (κ2) is 12.9. The highest BCUT2D eigenvalue weighted by atomic mass is 16.7. The maximum atomic E-state index is 13.0. The summed E-state index contributed by atoms with van der Waals surface area (Å²) < 4.78 is 27.9. The van der Waals surface area contributed by atoms with E-state index in [9.17, 15) is 9.90 Å². The first-order chi connectivity index (χ1) is 18.1. The SMILES string of the molecule is COCO[C@H]1[C@@H](O)[C@@H](COC(c2ccccc2)(c2ccccc2)c2ccccc2)NC(=O)[C@@H]1OCOC. The minimum absolute atomic E-state index is 0.00453. The van der Waals surface area contributed by atoms with Gasteiger partial charge in [-0.3, -0.25) is 4.79 Å². The third-order valence-electron chi connectivity index (χ3n) is 6.40. The van der Waals surface area contributed by atoms with Gasteiger partial charge in [0.15, 0.2) is 6.10 Å². The Kier molecular flexibility index (Phi) is 9.40. The first kappa shape index (κ1) is 26.9. The van der Waals surface area contributed by atoms with Crippen LogP contribution in [0.5, 0.6) is 0 Å². The van der Waals surface area contributed by atoms with Crippen LogP contribution in [-0.2, 0) is 34.1 Å². The molecule has 1 saturated heterocycles. The summed E-state index contributed by atoms with van der Waals surface area (Å²) >= 11 is 0. The van der Waals surface area contributed by atoms with Crippen molar-refractivity contribution in [3.05, 3.63) is 108 Å². The van der Waals surface area contributed by atoms with E-state index in [0.717, 1.165) is 16.7 Å². The Morgan fingerprint density at radius 2 is 1.22 bits per heavy atom. The first-order valence-electron chi connectivity index (χ1n) is 12.1. The number of piperidine rings is 1. The maximum Gasteiger partial charge on any atom is 0.252 e. The van der Waals surface area contributed by atoms with Crippen LogP contribution in [0.2, 0.25) is 0 Å². The van der Waals surface area contributed by atoms with E-state index in [2.05, 4.69) is 5.32 Å². The predicted octanol–water partition coefficient (Wildman–Crippen LogP) is 2.83. The van der Waals surface area contributed by atoms with Gasteiger partial charge in [0.05, 0.1) is 12.6 Å². The van der Waals surface area contributed by atoms with Crippen LogP contribution >= 0.6 is 0 Å². The molecule has 0 spiro atoms. The molecule has 4 rings (SSSR count). The number of nitrogens with one attached hydrogen (secondary N) is 1. The number of hydrogen-bond acceptors (Lipinski definition) is 7. The summed E-state index contributed by atoms with van der Waals surface area (Å²) in [5.74, 6) is -0.429. The highest BCUT2D eigenvalue weighted by molar-refractivity contribution is 5.83. The molecule has 37 heavy (non-hydrogen) atoms. The maximum absolute atomic E-state index is 13.0. The Bertz CT molecular complexity index is 1000. The first-order valence-corrected chi connectivity index (χ1v) is 12.1. The van der Waals surface area contributed by atoms with Crippen molar-refractivity contribution in [2.45, 2.75) is 30.0 Å². The van der Waals surface area contributed by atoms with Gasteiger partial charge in [-0.2, -0.15) is 0 Å². The van der Waals surface area contributed by atoms with Crippen LogP contribution in [0.25, 0.3) is 0 Å². The molecule has 1 aliphatic rings. The largest absolute Gasteiger partial charge is 0.388 e. The second-order valence-corrected chi connectivity index (χ2v) is 8.73. The standard InChI is InChI=1S/C29H33NO7/c1-33-19-35-26-25(31)24(30-28(32)27(26)36-20-34-2)18-37-29(21-12-6-3-7-13-21,22-14-8-4-9-15-22)23-16-10-5-11-17-23/h3-17,24-27,31H,18-20H2,1-2H3,(H,30,32)/t24-,25+,26+,27-/m1/s1. The molecule has 0 aliphatic carbocycles. The zero-order chi connectivity index (χ0) is 26.1. The van der Waals surface area contributed by atoms with Gasteiger partial charge in [-0.05, 0) is 16.7 Å². The van der Waals surface area contributed by atoms with E-state index < -0.39 is 35.9 Å². The van der Waals surface area contributed by atoms with Crippen molar-refractivity contribution >= 4 is 5.91 Å². The van der Waals surface area contributed by atoms with E-state index in [1.54, 1.807) is 0 Å². The molecule has 1 aliphatic heterocycles. The Labute approximate surface area is 217 Å². The fourth-order valence-electron chi connectivity index (χ4n) is 4.68. The van der Waals surface area contributed by atoms with E-state index in [-0.39, 0.29) is 20.2 Å². The van der Waals surface area contributed by atoms with E-state index in [1.165, 1.54) is 14.2 Å². The summed E-state index contributed by atoms with van der Waals surface area (Å²) in [6, 6.07) is 28.9. The molecule has 0 unspecified atom stereocenters. The van der Waals surface area contributed by atoms with Gasteiger partial charge in [0.2, 0.25) is 0 Å². The topological polar surface area (TPSA) is 95.5 Å². The molecule has 3 aromatic carbocycles. The van der Waals surface area contributed by atoms with Crippen molar-refractivity contribution < 1.29 is 33.6 Å². The molecule has 1 amide bonds. The molecule has 1 fully saturated rings. The van der Waals surface area contributed by atoms with Crippen LogP contribution in [0.1, 0.15) is 16.7 Å². The predicted molar refractivity (Wildman–Crippen MR) is 137 cm³/mol. The third-order valence-corrected chi connectivity index (χ3v) is 6.40. The van der Waals surface area contributed by atoms with Crippen LogP contribution in [0.3, 0.4) is 0 Å².